The number of alkyl halides is 2. The van der Waals surface area contributed by atoms with Crippen molar-refractivity contribution in [1.29, 1.82) is 0 Å². The molecule has 0 fully saturated rings. The standard InChI is InChI=1S/C12H15F2NO2/c1-9-2-4-10(5-3-9)15(8-11(13)14)7-6-12(16)17/h2-5,11H,6-8H2,1H3,(H,16,17). The predicted octanol–water partition coefficient (Wildman–Crippen LogP) is 2.54. The minimum Gasteiger partial charge on any atom is -0.481 e. The maximum absolute atomic E-state index is 12.4. The van der Waals surface area contributed by atoms with Gasteiger partial charge in [-0.1, -0.05) is 17.7 Å². The van der Waals surface area contributed by atoms with E-state index in [2.05, 4.69) is 0 Å². The van der Waals surface area contributed by atoms with Crippen LogP contribution in [-0.2, 0) is 4.79 Å². The van der Waals surface area contributed by atoms with Crippen molar-refractivity contribution in [2.24, 2.45) is 0 Å². The molecule has 1 aromatic carbocycles. The first kappa shape index (κ1) is 13.4. The third kappa shape index (κ3) is 4.80. The zero-order valence-corrected chi connectivity index (χ0v) is 9.57. The minimum atomic E-state index is -2.48. The molecule has 5 heteroatoms. The number of nitrogens with zero attached hydrogens (tertiary/aromatic N) is 1. The third-order valence-electron chi connectivity index (χ3n) is 2.35. The Labute approximate surface area is 98.7 Å². The second-order valence-electron chi connectivity index (χ2n) is 3.82. The van der Waals surface area contributed by atoms with E-state index in [1.807, 2.05) is 19.1 Å². The van der Waals surface area contributed by atoms with Crippen LogP contribution in [0.1, 0.15) is 12.0 Å². The molecular weight excluding hydrogens is 228 g/mol. The van der Waals surface area contributed by atoms with Crippen LogP contribution in [0.3, 0.4) is 0 Å². The summed E-state index contributed by atoms with van der Waals surface area (Å²) in [6, 6.07) is 7.07. The molecule has 0 radical (unpaired) electrons. The second kappa shape index (κ2) is 6.18. The van der Waals surface area contributed by atoms with E-state index in [9.17, 15) is 13.6 Å². The number of hydrogen-bond donors (Lipinski definition) is 1. The van der Waals surface area contributed by atoms with Crippen molar-refractivity contribution in [2.75, 3.05) is 18.0 Å². The smallest absolute Gasteiger partial charge is 0.305 e. The molecule has 17 heavy (non-hydrogen) atoms. The normalized spacial score (nSPS) is 10.6. The van der Waals surface area contributed by atoms with Gasteiger partial charge in [-0.05, 0) is 19.1 Å². The Morgan fingerprint density at radius 1 is 1.35 bits per heavy atom. The summed E-state index contributed by atoms with van der Waals surface area (Å²) in [6.45, 7) is 1.54. The molecule has 0 aliphatic rings. The van der Waals surface area contributed by atoms with Crippen molar-refractivity contribution in [3.05, 3.63) is 29.8 Å². The van der Waals surface area contributed by atoms with E-state index in [-0.39, 0.29) is 13.0 Å². The fourth-order valence-corrected chi connectivity index (χ4v) is 1.48. The molecule has 0 aliphatic carbocycles. The molecule has 0 atom stereocenters. The Kier molecular flexibility index (Phi) is 4.87. The van der Waals surface area contributed by atoms with E-state index < -0.39 is 18.9 Å². The third-order valence-corrected chi connectivity index (χ3v) is 2.35. The predicted molar refractivity (Wildman–Crippen MR) is 61.6 cm³/mol. The summed E-state index contributed by atoms with van der Waals surface area (Å²) in [6.07, 6.45) is -2.63. The number of rotatable bonds is 6. The molecule has 0 saturated carbocycles. The van der Waals surface area contributed by atoms with Gasteiger partial charge in [0.1, 0.15) is 0 Å². The number of anilines is 1. The fourth-order valence-electron chi connectivity index (χ4n) is 1.48. The average Bonchev–Trinajstić information content (AvgIpc) is 2.25. The van der Waals surface area contributed by atoms with E-state index in [4.69, 9.17) is 5.11 Å². The SMILES string of the molecule is Cc1ccc(N(CCC(=O)O)CC(F)F)cc1. The summed E-state index contributed by atoms with van der Waals surface area (Å²) < 4.78 is 24.8. The van der Waals surface area contributed by atoms with Crippen LogP contribution >= 0.6 is 0 Å². The number of aryl methyl sites for hydroxylation is 1. The number of benzene rings is 1. The van der Waals surface area contributed by atoms with Crippen molar-refractivity contribution in [1.82, 2.24) is 0 Å². The molecule has 0 saturated heterocycles. The number of hydrogen-bond acceptors (Lipinski definition) is 2. The summed E-state index contributed by atoms with van der Waals surface area (Å²) >= 11 is 0. The Morgan fingerprint density at radius 3 is 2.41 bits per heavy atom. The first-order chi connectivity index (χ1) is 7.99. The van der Waals surface area contributed by atoms with Crippen LogP contribution < -0.4 is 4.90 Å². The van der Waals surface area contributed by atoms with E-state index in [1.165, 1.54) is 4.90 Å². The first-order valence-corrected chi connectivity index (χ1v) is 5.30. The molecule has 0 bridgehead atoms. The van der Waals surface area contributed by atoms with E-state index in [0.29, 0.717) is 5.69 Å². The molecule has 0 aliphatic heterocycles. The summed E-state index contributed by atoms with van der Waals surface area (Å²) in [7, 11) is 0. The Balaban J connectivity index is 2.74. The molecule has 1 aromatic rings. The van der Waals surface area contributed by atoms with Crippen molar-refractivity contribution in [3.8, 4) is 0 Å². The zero-order valence-electron chi connectivity index (χ0n) is 9.57. The van der Waals surface area contributed by atoms with Gasteiger partial charge in [0.15, 0.2) is 0 Å². The van der Waals surface area contributed by atoms with Gasteiger partial charge in [0.25, 0.3) is 6.43 Å². The van der Waals surface area contributed by atoms with Crippen LogP contribution in [0.5, 0.6) is 0 Å². The Morgan fingerprint density at radius 2 is 1.94 bits per heavy atom. The lowest BCUT2D eigenvalue weighted by Crippen LogP contribution is -2.31. The molecule has 0 amide bonds. The molecule has 1 N–H and O–H groups in total. The summed E-state index contributed by atoms with van der Waals surface area (Å²) in [5, 5.41) is 8.57. The highest BCUT2D eigenvalue weighted by atomic mass is 19.3. The molecule has 3 nitrogen and oxygen atoms in total. The summed E-state index contributed by atoms with van der Waals surface area (Å²) in [4.78, 5) is 11.8. The molecule has 0 heterocycles. The number of aliphatic carboxylic acids is 1. The maximum Gasteiger partial charge on any atom is 0.305 e. The highest BCUT2D eigenvalue weighted by Crippen LogP contribution is 2.16. The largest absolute Gasteiger partial charge is 0.481 e. The second-order valence-corrected chi connectivity index (χ2v) is 3.82. The zero-order chi connectivity index (χ0) is 12.8. The highest BCUT2D eigenvalue weighted by Gasteiger charge is 2.13. The van der Waals surface area contributed by atoms with Crippen LogP contribution in [0.2, 0.25) is 0 Å². The lowest BCUT2D eigenvalue weighted by molar-refractivity contribution is -0.136. The maximum atomic E-state index is 12.4. The van der Waals surface area contributed by atoms with Crippen LogP contribution in [0, 0.1) is 6.92 Å². The van der Waals surface area contributed by atoms with Crippen LogP contribution in [0.4, 0.5) is 14.5 Å². The van der Waals surface area contributed by atoms with E-state index >= 15 is 0 Å². The molecular formula is C12H15F2NO2. The fraction of sp³-hybridized carbons (Fsp3) is 0.417. The van der Waals surface area contributed by atoms with Gasteiger partial charge in [0.2, 0.25) is 0 Å². The van der Waals surface area contributed by atoms with Crippen molar-refractivity contribution < 1.29 is 18.7 Å². The van der Waals surface area contributed by atoms with Gasteiger partial charge in [0.05, 0.1) is 13.0 Å². The van der Waals surface area contributed by atoms with Gasteiger partial charge in [-0.2, -0.15) is 0 Å². The van der Waals surface area contributed by atoms with Gasteiger partial charge < -0.3 is 10.0 Å². The Hall–Kier alpha value is -1.65. The minimum absolute atomic E-state index is 0.0860. The number of carbonyl (C=O) groups is 1. The van der Waals surface area contributed by atoms with Crippen molar-refractivity contribution >= 4 is 11.7 Å². The molecule has 0 unspecified atom stereocenters. The van der Waals surface area contributed by atoms with Gasteiger partial charge in [-0.15, -0.1) is 0 Å². The quantitative estimate of drug-likeness (QED) is 0.834. The van der Waals surface area contributed by atoms with Gasteiger partial charge >= 0.3 is 5.97 Å². The van der Waals surface area contributed by atoms with E-state index in [1.54, 1.807) is 12.1 Å². The number of halogens is 2. The van der Waals surface area contributed by atoms with Gasteiger partial charge in [0, 0.05) is 12.2 Å². The first-order valence-electron chi connectivity index (χ1n) is 5.30. The molecule has 1 rings (SSSR count). The average molecular weight is 243 g/mol. The summed E-state index contributed by atoms with van der Waals surface area (Å²) in [5.74, 6) is -0.989. The Bertz CT molecular complexity index is 365. The monoisotopic (exact) mass is 243 g/mol. The number of carboxylic acids is 1. The van der Waals surface area contributed by atoms with Gasteiger partial charge in [-0.25, -0.2) is 8.78 Å². The lowest BCUT2D eigenvalue weighted by Gasteiger charge is -2.23. The van der Waals surface area contributed by atoms with Crippen LogP contribution in [0.25, 0.3) is 0 Å². The lowest BCUT2D eigenvalue weighted by atomic mass is 10.2. The number of carboxylic acid groups (broad SMARTS) is 1. The van der Waals surface area contributed by atoms with Crippen LogP contribution in [-0.4, -0.2) is 30.6 Å². The van der Waals surface area contributed by atoms with Crippen molar-refractivity contribution in [3.63, 3.8) is 0 Å². The van der Waals surface area contributed by atoms with Crippen LogP contribution in [0.15, 0.2) is 24.3 Å². The topological polar surface area (TPSA) is 40.5 Å². The van der Waals surface area contributed by atoms with Gasteiger partial charge in [-0.3, -0.25) is 4.79 Å². The molecule has 0 spiro atoms. The highest BCUT2D eigenvalue weighted by molar-refractivity contribution is 5.67. The van der Waals surface area contributed by atoms with E-state index in [0.717, 1.165) is 5.56 Å². The van der Waals surface area contributed by atoms with Crippen molar-refractivity contribution in [2.45, 2.75) is 19.8 Å². The summed E-state index contributed by atoms with van der Waals surface area (Å²) in [5.41, 5.74) is 1.65. The molecule has 0 aromatic heterocycles. The molecule has 94 valence electrons.